The lowest BCUT2D eigenvalue weighted by molar-refractivity contribution is 0.0960. The second-order valence-corrected chi connectivity index (χ2v) is 6.09. The van der Waals surface area contributed by atoms with Crippen molar-refractivity contribution in [1.29, 1.82) is 0 Å². The van der Waals surface area contributed by atoms with Crippen LogP contribution in [-0.2, 0) is 4.74 Å². The fourth-order valence-corrected chi connectivity index (χ4v) is 3.44. The summed E-state index contributed by atoms with van der Waals surface area (Å²) in [7, 11) is 1.56. The van der Waals surface area contributed by atoms with Gasteiger partial charge in [-0.25, -0.2) is 0 Å². The number of hydrogen-bond donors (Lipinski definition) is 3. The van der Waals surface area contributed by atoms with E-state index in [1.165, 1.54) is 11.3 Å². The molecule has 0 aromatic carbocycles. The smallest absolute Gasteiger partial charge is 0.263 e. The lowest BCUT2D eigenvalue weighted by atomic mass is 10.0. The summed E-state index contributed by atoms with van der Waals surface area (Å²) >= 11 is 1.33. The lowest BCUT2D eigenvalue weighted by Gasteiger charge is -2.15. The zero-order valence-corrected chi connectivity index (χ0v) is 13.5. The second kappa shape index (κ2) is 7.00. The van der Waals surface area contributed by atoms with Gasteiger partial charge in [0.05, 0.1) is 13.2 Å². The first kappa shape index (κ1) is 15.9. The molecule has 0 spiro atoms. The molecule has 2 rings (SSSR count). The first-order valence-electron chi connectivity index (χ1n) is 7.18. The minimum Gasteiger partial charge on any atom is -0.492 e. The van der Waals surface area contributed by atoms with Crippen LogP contribution in [0.3, 0.4) is 0 Å². The predicted molar refractivity (Wildman–Crippen MR) is 85.3 cm³/mol. The maximum atomic E-state index is 12.0. The number of nitrogens with one attached hydrogen (secondary N) is 2. The molecule has 2 unspecified atom stereocenters. The van der Waals surface area contributed by atoms with Crippen LogP contribution in [0.25, 0.3) is 0 Å². The van der Waals surface area contributed by atoms with E-state index in [-0.39, 0.29) is 12.0 Å². The van der Waals surface area contributed by atoms with E-state index < -0.39 is 0 Å². The van der Waals surface area contributed by atoms with Crippen LogP contribution in [0, 0.1) is 5.92 Å². The molecule has 0 bridgehead atoms. The van der Waals surface area contributed by atoms with Gasteiger partial charge < -0.3 is 25.8 Å². The van der Waals surface area contributed by atoms with Gasteiger partial charge >= 0.3 is 0 Å². The van der Waals surface area contributed by atoms with Crippen LogP contribution >= 0.6 is 11.3 Å². The van der Waals surface area contributed by atoms with Crippen molar-refractivity contribution < 1.29 is 14.3 Å². The van der Waals surface area contributed by atoms with E-state index in [9.17, 15) is 4.79 Å². The Hall–Kier alpha value is -1.47. The maximum absolute atomic E-state index is 12.0. The minimum absolute atomic E-state index is 0.163. The zero-order valence-electron chi connectivity index (χ0n) is 12.7. The quantitative estimate of drug-likeness (QED) is 0.747. The molecule has 1 aliphatic heterocycles. The number of carbonyl (C=O) groups excluding carboxylic acids is 1. The van der Waals surface area contributed by atoms with E-state index in [1.54, 1.807) is 7.11 Å². The zero-order chi connectivity index (χ0) is 15.4. The lowest BCUT2D eigenvalue weighted by Crippen LogP contribution is -2.22. The van der Waals surface area contributed by atoms with Crippen LogP contribution in [0.5, 0.6) is 5.75 Å². The van der Waals surface area contributed by atoms with Crippen molar-refractivity contribution in [2.45, 2.75) is 26.4 Å². The third-order valence-corrected chi connectivity index (χ3v) is 4.85. The molecule has 1 saturated heterocycles. The van der Waals surface area contributed by atoms with Crippen LogP contribution in [0.1, 0.15) is 29.9 Å². The summed E-state index contributed by atoms with van der Waals surface area (Å²) in [6.45, 7) is 6.12. The third-order valence-electron chi connectivity index (χ3n) is 3.71. The number of hydrogen-bond acceptors (Lipinski definition) is 6. The molecule has 2 heterocycles. The number of amides is 1. The van der Waals surface area contributed by atoms with E-state index in [4.69, 9.17) is 15.2 Å². The van der Waals surface area contributed by atoms with Gasteiger partial charge in [0.25, 0.3) is 5.91 Å². The largest absolute Gasteiger partial charge is 0.492 e. The summed E-state index contributed by atoms with van der Waals surface area (Å²) in [6.07, 6.45) is 1.30. The number of rotatable bonds is 6. The Morgan fingerprint density at radius 2 is 2.33 bits per heavy atom. The van der Waals surface area contributed by atoms with Gasteiger partial charge in [-0.2, -0.15) is 0 Å². The third kappa shape index (κ3) is 3.41. The van der Waals surface area contributed by atoms with Crippen molar-refractivity contribution in [3.05, 3.63) is 4.88 Å². The molecular weight excluding hydrogens is 290 g/mol. The summed E-state index contributed by atoms with van der Waals surface area (Å²) in [5.74, 6) is 0.850. The summed E-state index contributed by atoms with van der Waals surface area (Å²) in [6, 6.07) is 0. The number of carbonyl (C=O) groups is 1. The molecule has 2 atom stereocenters. The Kier molecular flexibility index (Phi) is 5.30. The first-order chi connectivity index (χ1) is 10.1. The highest BCUT2D eigenvalue weighted by Gasteiger charge is 2.26. The van der Waals surface area contributed by atoms with Gasteiger partial charge in [-0.05, 0) is 20.3 Å². The van der Waals surface area contributed by atoms with Gasteiger partial charge in [-0.3, -0.25) is 4.79 Å². The fraction of sp³-hybridized carbons (Fsp3) is 0.643. The van der Waals surface area contributed by atoms with Gasteiger partial charge in [0, 0.05) is 25.6 Å². The molecule has 1 aromatic rings. The van der Waals surface area contributed by atoms with Crippen LogP contribution in [-0.4, -0.2) is 38.8 Å². The van der Waals surface area contributed by atoms with Crippen molar-refractivity contribution in [3.8, 4) is 5.75 Å². The molecule has 118 valence electrons. The highest BCUT2D eigenvalue weighted by atomic mass is 32.1. The monoisotopic (exact) mass is 313 g/mol. The average Bonchev–Trinajstić information content (AvgIpc) is 3.00. The molecule has 1 fully saturated rings. The highest BCUT2D eigenvalue weighted by molar-refractivity contribution is 7.19. The number of anilines is 2. The molecule has 1 aliphatic rings. The summed E-state index contributed by atoms with van der Waals surface area (Å²) in [5.41, 5.74) is 6.41. The van der Waals surface area contributed by atoms with Crippen molar-refractivity contribution in [2.75, 3.05) is 37.9 Å². The van der Waals surface area contributed by atoms with E-state index in [0.29, 0.717) is 28.8 Å². The number of ether oxygens (including phenoxy) is 2. The molecule has 0 radical (unpaired) electrons. The van der Waals surface area contributed by atoms with E-state index >= 15 is 0 Å². The number of nitrogens with two attached hydrogens (primary N) is 1. The Balaban J connectivity index is 2.11. The van der Waals surface area contributed by atoms with Crippen molar-refractivity contribution in [3.63, 3.8) is 0 Å². The van der Waals surface area contributed by atoms with Crippen molar-refractivity contribution >= 4 is 27.9 Å². The van der Waals surface area contributed by atoms with E-state index in [1.807, 2.05) is 6.92 Å². The Morgan fingerprint density at radius 3 is 2.90 bits per heavy atom. The summed E-state index contributed by atoms with van der Waals surface area (Å²) in [5, 5.41) is 6.91. The van der Waals surface area contributed by atoms with Gasteiger partial charge in [-0.15, -0.1) is 11.3 Å². The molecule has 0 saturated carbocycles. The minimum atomic E-state index is -0.163. The van der Waals surface area contributed by atoms with Crippen LogP contribution in [0.4, 0.5) is 10.7 Å². The van der Waals surface area contributed by atoms with Gasteiger partial charge in [0.1, 0.15) is 15.6 Å². The number of nitrogen functional groups attached to an aromatic ring is 1. The van der Waals surface area contributed by atoms with Crippen molar-refractivity contribution in [1.82, 2.24) is 5.32 Å². The van der Waals surface area contributed by atoms with Gasteiger partial charge in [-0.1, -0.05) is 0 Å². The average molecular weight is 313 g/mol. The fourth-order valence-electron chi connectivity index (χ4n) is 2.43. The molecule has 0 aliphatic carbocycles. The van der Waals surface area contributed by atoms with Gasteiger partial charge in [0.2, 0.25) is 0 Å². The maximum Gasteiger partial charge on any atom is 0.263 e. The highest BCUT2D eigenvalue weighted by Crippen LogP contribution is 2.42. The van der Waals surface area contributed by atoms with E-state index in [0.717, 1.165) is 24.6 Å². The first-order valence-corrected chi connectivity index (χ1v) is 8.00. The molecule has 6 nitrogen and oxygen atoms in total. The predicted octanol–water partition coefficient (Wildman–Crippen LogP) is 1.93. The Bertz CT molecular complexity index is 504. The SMILES string of the molecule is CCNC(=O)c1sc(NCC2CCOC2C)c(OC)c1N. The van der Waals surface area contributed by atoms with Crippen LogP contribution in [0.2, 0.25) is 0 Å². The summed E-state index contributed by atoms with van der Waals surface area (Å²) < 4.78 is 10.9. The number of thiophene rings is 1. The molecule has 21 heavy (non-hydrogen) atoms. The van der Waals surface area contributed by atoms with Gasteiger partial charge in [0.15, 0.2) is 5.75 Å². The van der Waals surface area contributed by atoms with Crippen LogP contribution < -0.4 is 21.1 Å². The molecule has 1 aromatic heterocycles. The van der Waals surface area contributed by atoms with Crippen LogP contribution in [0.15, 0.2) is 0 Å². The normalized spacial score (nSPS) is 21.3. The summed E-state index contributed by atoms with van der Waals surface area (Å²) in [4.78, 5) is 12.5. The second-order valence-electron chi connectivity index (χ2n) is 5.07. The molecular formula is C14H23N3O3S. The number of methoxy groups -OCH3 is 1. The molecule has 7 heteroatoms. The Morgan fingerprint density at radius 1 is 1.57 bits per heavy atom. The molecule has 4 N–H and O–H groups in total. The molecule has 1 amide bonds. The topological polar surface area (TPSA) is 85.6 Å². The van der Waals surface area contributed by atoms with Crippen molar-refractivity contribution in [2.24, 2.45) is 5.92 Å². The van der Waals surface area contributed by atoms with E-state index in [2.05, 4.69) is 17.6 Å². The Labute approximate surface area is 129 Å². The standard InChI is InChI=1S/C14H23N3O3S/c1-4-16-13(18)12-10(15)11(19-3)14(21-12)17-7-9-5-6-20-8(9)2/h8-9,17H,4-7,15H2,1-3H3,(H,16,18).